The monoisotopic (exact) mass is 1350 g/mol. The van der Waals surface area contributed by atoms with E-state index in [-0.39, 0.29) is 38.5 Å². The molecule has 6 saturated heterocycles. The minimum absolute atomic E-state index is 0.114. The highest BCUT2D eigenvalue weighted by molar-refractivity contribution is 5.87. The lowest BCUT2D eigenvalue weighted by atomic mass is 9.74. The Hall–Kier alpha value is -3.58. The molecule has 25 N–H and O–H groups in total. The normalized spacial score (nSPS) is 44.0. The molecule has 6 heterocycles. The number of hydrogen-bond acceptors (Lipinski definition) is 34. The quantitative estimate of drug-likeness (QED) is 0.0244. The fourth-order valence-electron chi connectivity index (χ4n) is 13.3. The van der Waals surface area contributed by atoms with Crippen LogP contribution in [0, 0.1) is 0 Å². The molecule has 538 valence electrons. The fraction of sp³-hybridized carbons (Fsp3) is 0.891. The van der Waals surface area contributed by atoms with Gasteiger partial charge in [-0.3, -0.25) is 19.2 Å². The van der Waals surface area contributed by atoms with Gasteiger partial charge in [0.2, 0.25) is 23.6 Å². The molecule has 38 nitrogen and oxygen atoms in total. The summed E-state index contributed by atoms with van der Waals surface area (Å²) in [6.07, 6.45) is -47.3. The number of amides is 4. The van der Waals surface area contributed by atoms with Crippen LogP contribution in [0.4, 0.5) is 0 Å². The maximum Gasteiger partial charge on any atom is 0.243 e. The Labute approximate surface area is 531 Å². The molecule has 6 aliphatic rings. The molecule has 0 aliphatic carbocycles. The molecule has 0 saturated carbocycles. The Bertz CT molecular complexity index is 2190. The van der Waals surface area contributed by atoms with E-state index in [9.17, 15) is 126 Å². The first-order chi connectivity index (χ1) is 43.8. The SMILES string of the molecule is C=CC(=O)NC(CCCO[C@@H]1O[C@H](CO)[C@](O)([C@@H]2O[C@H](CO)[C@H](O)[C@H](O)[C@H]2O)[C@H](O)[C@H]1NC(C)=O)(CCCO[C@@H]1O[C@H](CO)[C@](O)([C@@H]2O[C@H](CO)[C@H](O)[C@H](O)[C@H]2O)[C@H](O)[C@H]1NC(C)=O)CCCO[C@@H]1O[C@H](CO)[C@](O)([C@@H]2O[C@H](CO)[C@H](O)[C@H](O)[C@H]2O)[C@H](O)[C@H]1NC(C)=O. The number of hydrogen-bond donors (Lipinski definition) is 25. The van der Waals surface area contributed by atoms with Gasteiger partial charge < -0.3 is 171 Å². The number of rotatable bonds is 29. The topological polar surface area (TPSA) is 624 Å². The average molecular weight is 1360 g/mol. The van der Waals surface area contributed by atoms with Crippen molar-refractivity contribution in [2.45, 2.75) is 247 Å². The van der Waals surface area contributed by atoms with E-state index < -0.39 is 271 Å². The number of carbonyl (C=O) groups is 4. The maximum atomic E-state index is 13.6. The molecule has 6 fully saturated rings. The number of aliphatic hydroxyl groups is 21. The zero-order valence-corrected chi connectivity index (χ0v) is 51.2. The van der Waals surface area contributed by atoms with E-state index in [4.69, 9.17) is 42.6 Å². The van der Waals surface area contributed by atoms with Gasteiger partial charge in [0.25, 0.3) is 0 Å². The molecule has 6 rings (SSSR count). The third-order valence-electron chi connectivity index (χ3n) is 18.2. The van der Waals surface area contributed by atoms with E-state index in [1.54, 1.807) is 0 Å². The lowest BCUT2D eigenvalue weighted by Crippen LogP contribution is -2.78. The summed E-state index contributed by atoms with van der Waals surface area (Å²) in [5.41, 5.74) is -10.2. The predicted octanol–water partition coefficient (Wildman–Crippen LogP) is -14.1. The van der Waals surface area contributed by atoms with Crippen molar-refractivity contribution < 1.29 is 169 Å². The van der Waals surface area contributed by atoms with Gasteiger partial charge in [-0.25, -0.2) is 0 Å². The zero-order valence-electron chi connectivity index (χ0n) is 51.2. The highest BCUT2D eigenvalue weighted by Crippen LogP contribution is 2.43. The second-order valence-electron chi connectivity index (χ2n) is 24.3. The smallest absolute Gasteiger partial charge is 0.243 e. The van der Waals surface area contributed by atoms with Gasteiger partial charge in [-0.05, 0) is 44.6 Å². The molecule has 4 amide bonds. The van der Waals surface area contributed by atoms with Crippen LogP contribution < -0.4 is 21.3 Å². The Morgan fingerprint density at radius 1 is 0.419 bits per heavy atom. The second-order valence-corrected chi connectivity index (χ2v) is 24.3. The van der Waals surface area contributed by atoms with Crippen molar-refractivity contribution in [2.75, 3.05) is 59.5 Å². The van der Waals surface area contributed by atoms with Crippen LogP contribution in [0.5, 0.6) is 0 Å². The highest BCUT2D eigenvalue weighted by Gasteiger charge is 2.68. The minimum Gasteiger partial charge on any atom is -0.394 e. The summed E-state index contributed by atoms with van der Waals surface area (Å²) in [6, 6.07) is -5.28. The van der Waals surface area contributed by atoms with Crippen molar-refractivity contribution in [3.05, 3.63) is 12.7 Å². The summed E-state index contributed by atoms with van der Waals surface area (Å²) in [7, 11) is 0. The van der Waals surface area contributed by atoms with Gasteiger partial charge in [-0.1, -0.05) is 6.58 Å². The number of aliphatic hydroxyl groups excluding tert-OH is 18. The maximum absolute atomic E-state index is 13.6. The molecule has 30 atom stereocenters. The van der Waals surface area contributed by atoms with Gasteiger partial charge in [0.15, 0.2) is 18.9 Å². The van der Waals surface area contributed by atoms with Crippen LogP contribution >= 0.6 is 0 Å². The van der Waals surface area contributed by atoms with Gasteiger partial charge in [0, 0.05) is 46.1 Å². The summed E-state index contributed by atoms with van der Waals surface area (Å²) in [5.74, 6) is -3.25. The number of carbonyl (C=O) groups excluding carboxylic acids is 4. The van der Waals surface area contributed by atoms with Crippen LogP contribution in [0.3, 0.4) is 0 Å². The molecule has 0 aromatic rings. The van der Waals surface area contributed by atoms with Crippen molar-refractivity contribution in [2.24, 2.45) is 0 Å². The molecular weight excluding hydrogens is 1260 g/mol. The van der Waals surface area contributed by atoms with Gasteiger partial charge in [-0.15, -0.1) is 0 Å². The number of nitrogens with one attached hydrogen (secondary N) is 4. The molecule has 0 bridgehead atoms. The standard InChI is InChI=1S/C55H94N4O34/c1-5-30(69)59-52(9-6-12-85-49-31(56-21(2)66)43(79)53(82,27(18-63)91-49)46-40(76)37(73)34(70)24(15-60)88-46,10-7-13-86-50-32(57-22(3)67)44(80)54(83,28(19-64)92-50)47-41(77)38(74)35(71)25(16-61)89-47)11-8-14-87-51-33(58-23(4)68)45(81)55(84,29(20-65)93-51)48-42(78)39(75)36(72)26(17-62)90-48/h5,24-29,31-51,60-65,70-84H,1,6-20H2,2-4H3,(H,56,66)(H,57,67)(H,58,68)(H,59,69)/t24-,25-,26-,27-,28-,29-,31-,32-,33-,34+,35+,36+,37+,38+,39+,40-,41-,42-,43-,44-,45-,46-,47-,48-,49-,50-,51-,53-,54-,55-/m1/s1. The highest BCUT2D eigenvalue weighted by atomic mass is 16.7. The first-order valence-corrected chi connectivity index (χ1v) is 30.3. The third kappa shape index (κ3) is 16.3. The van der Waals surface area contributed by atoms with Crippen LogP contribution in [-0.4, -0.2) is 378 Å². The van der Waals surface area contributed by atoms with Crippen molar-refractivity contribution in [3.8, 4) is 0 Å². The Balaban J connectivity index is 1.27. The summed E-state index contributed by atoms with van der Waals surface area (Å²) in [6.45, 7) is -0.892. The van der Waals surface area contributed by atoms with Crippen LogP contribution in [-0.2, 0) is 61.8 Å². The van der Waals surface area contributed by atoms with Crippen molar-refractivity contribution in [1.29, 1.82) is 0 Å². The molecule has 38 heteroatoms. The van der Waals surface area contributed by atoms with E-state index in [1.165, 1.54) is 0 Å². The minimum atomic E-state index is -2.91. The summed E-state index contributed by atoms with van der Waals surface area (Å²) < 4.78 is 52.6. The van der Waals surface area contributed by atoms with Crippen LogP contribution in [0.1, 0.15) is 59.3 Å². The largest absolute Gasteiger partial charge is 0.394 e. The lowest BCUT2D eigenvalue weighted by molar-refractivity contribution is -0.356. The molecule has 0 spiro atoms. The second kappa shape index (κ2) is 33.3. The van der Waals surface area contributed by atoms with Gasteiger partial charge in [0.1, 0.15) is 163 Å². The molecule has 6 aliphatic heterocycles. The van der Waals surface area contributed by atoms with E-state index in [0.717, 1.165) is 26.8 Å². The predicted molar refractivity (Wildman–Crippen MR) is 301 cm³/mol. The van der Waals surface area contributed by atoms with Crippen molar-refractivity contribution in [1.82, 2.24) is 21.3 Å². The van der Waals surface area contributed by atoms with Crippen molar-refractivity contribution >= 4 is 23.6 Å². The third-order valence-corrected chi connectivity index (χ3v) is 18.2. The molecule has 0 radical (unpaired) electrons. The Kier molecular flexibility index (Phi) is 28.1. The van der Waals surface area contributed by atoms with Crippen molar-refractivity contribution in [3.63, 3.8) is 0 Å². The van der Waals surface area contributed by atoms with Crippen LogP contribution in [0.2, 0.25) is 0 Å². The first kappa shape index (κ1) is 78.4. The lowest BCUT2D eigenvalue weighted by Gasteiger charge is -2.55. The van der Waals surface area contributed by atoms with E-state index >= 15 is 0 Å². The van der Waals surface area contributed by atoms with E-state index in [0.29, 0.717) is 0 Å². The van der Waals surface area contributed by atoms with Gasteiger partial charge in [-0.2, -0.15) is 0 Å². The number of ether oxygens (including phenoxy) is 9. The van der Waals surface area contributed by atoms with E-state index in [1.807, 2.05) is 0 Å². The molecule has 0 unspecified atom stereocenters. The van der Waals surface area contributed by atoms with Gasteiger partial charge in [0.05, 0.1) is 39.6 Å². The summed E-state index contributed by atoms with van der Waals surface area (Å²) in [5, 5.41) is 240. The zero-order chi connectivity index (χ0) is 69.4. The van der Waals surface area contributed by atoms with Gasteiger partial charge >= 0.3 is 0 Å². The summed E-state index contributed by atoms with van der Waals surface area (Å²) in [4.78, 5) is 51.5. The summed E-state index contributed by atoms with van der Waals surface area (Å²) >= 11 is 0. The average Bonchev–Trinajstić information content (AvgIpc) is 0.749. The van der Waals surface area contributed by atoms with Crippen LogP contribution in [0.15, 0.2) is 12.7 Å². The van der Waals surface area contributed by atoms with E-state index in [2.05, 4.69) is 27.8 Å². The molecule has 93 heavy (non-hydrogen) atoms. The van der Waals surface area contributed by atoms with Crippen LogP contribution in [0.25, 0.3) is 0 Å². The molecular formula is C55H94N4O34. The fourth-order valence-corrected chi connectivity index (χ4v) is 13.3. The molecule has 0 aromatic carbocycles. The Morgan fingerprint density at radius 2 is 0.677 bits per heavy atom. The molecule has 0 aromatic heterocycles. The first-order valence-electron chi connectivity index (χ1n) is 30.3. The Morgan fingerprint density at radius 3 is 0.892 bits per heavy atom.